The SMILES string of the molecule is NCCCC(CCCN)c1cnc2ccccc2n1. The number of nitrogens with zero attached hydrogens (tertiary/aromatic N) is 2. The van der Waals surface area contributed by atoms with Crippen molar-refractivity contribution >= 4 is 11.0 Å². The average Bonchev–Trinajstić information content (AvgIpc) is 2.47. The fraction of sp³-hybridized carbons (Fsp3) is 0.467. The number of aromatic nitrogens is 2. The van der Waals surface area contributed by atoms with Gasteiger partial charge in [0.2, 0.25) is 0 Å². The molecular weight excluding hydrogens is 236 g/mol. The molecule has 1 heterocycles. The lowest BCUT2D eigenvalue weighted by Crippen LogP contribution is -2.09. The summed E-state index contributed by atoms with van der Waals surface area (Å²) in [7, 11) is 0. The summed E-state index contributed by atoms with van der Waals surface area (Å²) in [5.74, 6) is 0.421. The molecule has 4 N–H and O–H groups in total. The van der Waals surface area contributed by atoms with Gasteiger partial charge in [0.25, 0.3) is 0 Å². The molecule has 0 aliphatic carbocycles. The van der Waals surface area contributed by atoms with Crippen molar-refractivity contribution in [1.29, 1.82) is 0 Å². The van der Waals surface area contributed by atoms with E-state index < -0.39 is 0 Å². The average molecular weight is 258 g/mol. The molecular formula is C15H22N4. The lowest BCUT2D eigenvalue weighted by molar-refractivity contribution is 0.529. The molecule has 19 heavy (non-hydrogen) atoms. The fourth-order valence-corrected chi connectivity index (χ4v) is 2.34. The molecule has 1 aromatic heterocycles. The molecule has 0 atom stereocenters. The Morgan fingerprint density at radius 3 is 2.21 bits per heavy atom. The molecule has 2 aromatic rings. The van der Waals surface area contributed by atoms with Crippen LogP contribution in [-0.4, -0.2) is 23.1 Å². The number of fused-ring (bicyclic) bond motifs is 1. The Bertz CT molecular complexity index is 504. The molecule has 0 unspecified atom stereocenters. The van der Waals surface area contributed by atoms with Crippen LogP contribution in [0.4, 0.5) is 0 Å². The third kappa shape index (κ3) is 3.72. The summed E-state index contributed by atoms with van der Waals surface area (Å²) in [6, 6.07) is 7.97. The monoisotopic (exact) mass is 258 g/mol. The number of hydrogen-bond donors (Lipinski definition) is 2. The summed E-state index contributed by atoms with van der Waals surface area (Å²) in [5, 5.41) is 0. The van der Waals surface area contributed by atoms with Crippen molar-refractivity contribution < 1.29 is 0 Å². The molecule has 0 saturated carbocycles. The molecule has 0 fully saturated rings. The van der Waals surface area contributed by atoms with Gasteiger partial charge in [0, 0.05) is 12.1 Å². The molecule has 0 aliphatic rings. The lowest BCUT2D eigenvalue weighted by Gasteiger charge is -2.15. The summed E-state index contributed by atoms with van der Waals surface area (Å²) in [4.78, 5) is 9.23. The van der Waals surface area contributed by atoms with E-state index in [2.05, 4.69) is 4.98 Å². The largest absolute Gasteiger partial charge is 0.330 e. The highest BCUT2D eigenvalue weighted by Gasteiger charge is 2.13. The van der Waals surface area contributed by atoms with E-state index in [4.69, 9.17) is 16.5 Å². The fourth-order valence-electron chi connectivity index (χ4n) is 2.34. The van der Waals surface area contributed by atoms with Gasteiger partial charge in [-0.25, -0.2) is 4.98 Å². The number of para-hydroxylation sites is 2. The van der Waals surface area contributed by atoms with Crippen LogP contribution in [0.1, 0.15) is 37.3 Å². The van der Waals surface area contributed by atoms with Crippen molar-refractivity contribution in [3.8, 4) is 0 Å². The summed E-state index contributed by atoms with van der Waals surface area (Å²) in [6.07, 6.45) is 6.06. The molecule has 4 nitrogen and oxygen atoms in total. The van der Waals surface area contributed by atoms with E-state index in [1.54, 1.807) is 0 Å². The van der Waals surface area contributed by atoms with E-state index >= 15 is 0 Å². The van der Waals surface area contributed by atoms with Crippen molar-refractivity contribution in [2.24, 2.45) is 11.5 Å². The molecule has 0 amide bonds. The first-order valence-corrected chi connectivity index (χ1v) is 6.97. The molecule has 0 radical (unpaired) electrons. The van der Waals surface area contributed by atoms with Crippen LogP contribution in [0.15, 0.2) is 30.5 Å². The van der Waals surface area contributed by atoms with Crippen LogP contribution < -0.4 is 11.5 Å². The Labute approximate surface area is 114 Å². The first kappa shape index (κ1) is 13.9. The van der Waals surface area contributed by atoms with Crippen molar-refractivity contribution in [1.82, 2.24) is 9.97 Å². The van der Waals surface area contributed by atoms with Crippen LogP contribution in [0.3, 0.4) is 0 Å². The molecule has 0 spiro atoms. The summed E-state index contributed by atoms with van der Waals surface area (Å²) in [6.45, 7) is 1.44. The lowest BCUT2D eigenvalue weighted by atomic mass is 9.94. The summed E-state index contributed by atoms with van der Waals surface area (Å²) >= 11 is 0. The zero-order chi connectivity index (χ0) is 13.5. The molecule has 1 aromatic carbocycles. The third-order valence-electron chi connectivity index (χ3n) is 3.40. The minimum Gasteiger partial charge on any atom is -0.330 e. The highest BCUT2D eigenvalue weighted by molar-refractivity contribution is 5.73. The Kier molecular flexibility index (Phi) is 5.24. The summed E-state index contributed by atoms with van der Waals surface area (Å²) in [5.41, 5.74) is 14.2. The molecule has 0 saturated heterocycles. The van der Waals surface area contributed by atoms with Crippen molar-refractivity contribution in [3.05, 3.63) is 36.2 Å². The van der Waals surface area contributed by atoms with Gasteiger partial charge in [-0.05, 0) is 50.9 Å². The van der Waals surface area contributed by atoms with Gasteiger partial charge in [-0.1, -0.05) is 12.1 Å². The smallest absolute Gasteiger partial charge is 0.0890 e. The number of hydrogen-bond acceptors (Lipinski definition) is 4. The van der Waals surface area contributed by atoms with Crippen LogP contribution in [0.25, 0.3) is 11.0 Å². The zero-order valence-corrected chi connectivity index (χ0v) is 11.3. The molecule has 4 heteroatoms. The van der Waals surface area contributed by atoms with Crippen LogP contribution in [0.2, 0.25) is 0 Å². The summed E-state index contributed by atoms with van der Waals surface area (Å²) < 4.78 is 0. The zero-order valence-electron chi connectivity index (χ0n) is 11.3. The van der Waals surface area contributed by atoms with Crippen molar-refractivity contribution in [2.75, 3.05) is 13.1 Å². The van der Waals surface area contributed by atoms with Gasteiger partial charge in [0.1, 0.15) is 0 Å². The molecule has 2 rings (SSSR count). The first-order valence-electron chi connectivity index (χ1n) is 6.97. The second-order valence-electron chi connectivity index (χ2n) is 4.84. The number of benzene rings is 1. The van der Waals surface area contributed by atoms with Crippen LogP contribution in [-0.2, 0) is 0 Å². The van der Waals surface area contributed by atoms with Gasteiger partial charge in [-0.3, -0.25) is 4.98 Å². The van der Waals surface area contributed by atoms with Gasteiger partial charge in [0.05, 0.1) is 16.7 Å². The normalized spacial score (nSPS) is 11.3. The van der Waals surface area contributed by atoms with E-state index in [-0.39, 0.29) is 0 Å². The minimum absolute atomic E-state index is 0.421. The Hall–Kier alpha value is -1.52. The molecule has 102 valence electrons. The van der Waals surface area contributed by atoms with E-state index in [1.807, 2.05) is 30.5 Å². The van der Waals surface area contributed by atoms with Crippen molar-refractivity contribution in [2.45, 2.75) is 31.6 Å². The van der Waals surface area contributed by atoms with Gasteiger partial charge in [0.15, 0.2) is 0 Å². The molecule has 0 bridgehead atoms. The van der Waals surface area contributed by atoms with Gasteiger partial charge < -0.3 is 11.5 Å². The molecule has 0 aliphatic heterocycles. The maximum atomic E-state index is 5.61. The Balaban J connectivity index is 2.21. The van der Waals surface area contributed by atoms with E-state index in [0.717, 1.165) is 55.5 Å². The standard InChI is InChI=1S/C15H22N4/c16-9-3-5-12(6-4-10-17)15-11-18-13-7-1-2-8-14(13)19-15/h1-2,7-8,11-12H,3-6,9-10,16-17H2. The van der Waals surface area contributed by atoms with E-state index in [1.165, 1.54) is 0 Å². The van der Waals surface area contributed by atoms with Gasteiger partial charge in [-0.15, -0.1) is 0 Å². The maximum absolute atomic E-state index is 5.61. The quantitative estimate of drug-likeness (QED) is 0.798. The third-order valence-corrected chi connectivity index (χ3v) is 3.40. The number of nitrogens with two attached hydrogens (primary N) is 2. The van der Waals surface area contributed by atoms with Crippen LogP contribution in [0.5, 0.6) is 0 Å². The predicted molar refractivity (Wildman–Crippen MR) is 78.9 cm³/mol. The topological polar surface area (TPSA) is 77.8 Å². The van der Waals surface area contributed by atoms with Crippen LogP contribution in [0, 0.1) is 0 Å². The highest BCUT2D eigenvalue weighted by atomic mass is 14.8. The second-order valence-corrected chi connectivity index (χ2v) is 4.84. The van der Waals surface area contributed by atoms with Gasteiger partial charge >= 0.3 is 0 Å². The van der Waals surface area contributed by atoms with E-state index in [0.29, 0.717) is 5.92 Å². The highest BCUT2D eigenvalue weighted by Crippen LogP contribution is 2.25. The predicted octanol–water partition coefficient (Wildman–Crippen LogP) is 2.19. The van der Waals surface area contributed by atoms with Crippen LogP contribution >= 0.6 is 0 Å². The number of rotatable bonds is 7. The Morgan fingerprint density at radius 1 is 0.947 bits per heavy atom. The van der Waals surface area contributed by atoms with Gasteiger partial charge in [-0.2, -0.15) is 0 Å². The second kappa shape index (κ2) is 7.16. The maximum Gasteiger partial charge on any atom is 0.0890 e. The van der Waals surface area contributed by atoms with Crippen molar-refractivity contribution in [3.63, 3.8) is 0 Å². The first-order chi connectivity index (χ1) is 9.35. The van der Waals surface area contributed by atoms with E-state index in [9.17, 15) is 0 Å². The minimum atomic E-state index is 0.421. The Morgan fingerprint density at radius 2 is 1.58 bits per heavy atom.